The lowest BCUT2D eigenvalue weighted by molar-refractivity contribution is -0.110. The Morgan fingerprint density at radius 3 is 2.63 bits per heavy atom. The van der Waals surface area contributed by atoms with Crippen molar-refractivity contribution in [1.82, 2.24) is 19.7 Å². The van der Waals surface area contributed by atoms with Crippen molar-refractivity contribution in [2.75, 3.05) is 30.8 Å². The van der Waals surface area contributed by atoms with Gasteiger partial charge in [0.25, 0.3) is 0 Å². The van der Waals surface area contributed by atoms with E-state index in [2.05, 4.69) is 9.97 Å². The second-order valence-electron chi connectivity index (χ2n) is 10.4. The highest BCUT2D eigenvalue weighted by molar-refractivity contribution is 5.99. The van der Waals surface area contributed by atoms with Gasteiger partial charge in [0, 0.05) is 37.1 Å². The molecule has 0 amide bonds. The number of fused-ring (bicyclic) bond motifs is 1. The number of methoxy groups -OCH3 is 1. The van der Waals surface area contributed by atoms with E-state index in [1.54, 1.807) is 12.1 Å². The first-order valence-corrected chi connectivity index (χ1v) is 13.8. The van der Waals surface area contributed by atoms with Crippen LogP contribution < -0.4 is 15.4 Å². The summed E-state index contributed by atoms with van der Waals surface area (Å²) in [6.45, 7) is 1.10. The first kappa shape index (κ1) is 28.0. The third-order valence-corrected chi connectivity index (χ3v) is 7.76. The van der Waals surface area contributed by atoms with E-state index in [1.165, 1.54) is 42.4 Å². The second-order valence-corrected chi connectivity index (χ2v) is 10.4. The van der Waals surface area contributed by atoms with Gasteiger partial charge >= 0.3 is 0 Å². The van der Waals surface area contributed by atoms with E-state index >= 15 is 4.39 Å². The molecule has 0 saturated carbocycles. The molecule has 6 rings (SSSR count). The number of Topliss-reactive ketones (excluding diaryl/α,β-unsaturated/α-hetero) is 1. The van der Waals surface area contributed by atoms with Crippen LogP contribution in [0.15, 0.2) is 67.0 Å². The van der Waals surface area contributed by atoms with Gasteiger partial charge in [-0.2, -0.15) is 5.10 Å². The van der Waals surface area contributed by atoms with Crippen LogP contribution >= 0.6 is 0 Å². The molecule has 0 radical (unpaired) electrons. The summed E-state index contributed by atoms with van der Waals surface area (Å²) in [4.78, 5) is 34.3. The summed E-state index contributed by atoms with van der Waals surface area (Å²) in [5.74, 6) is -0.672. The topological polar surface area (TPSA) is 116 Å². The number of benzene rings is 3. The van der Waals surface area contributed by atoms with Crippen LogP contribution in [0.25, 0.3) is 28.0 Å². The van der Waals surface area contributed by atoms with E-state index in [1.807, 2.05) is 29.2 Å². The minimum Gasteiger partial charge on any atom is -0.496 e. The number of rotatable bonds is 9. The molecular weight excluding hydrogens is 554 g/mol. The molecule has 9 nitrogen and oxygen atoms in total. The number of nitrogens with two attached hydrogens (primary N) is 1. The Labute approximate surface area is 245 Å². The van der Waals surface area contributed by atoms with Crippen LogP contribution in [0.4, 0.5) is 20.3 Å². The van der Waals surface area contributed by atoms with Gasteiger partial charge in [0.05, 0.1) is 29.4 Å². The molecule has 2 aromatic heterocycles. The molecule has 218 valence electrons. The summed E-state index contributed by atoms with van der Waals surface area (Å²) in [6, 6.07) is 16.2. The van der Waals surface area contributed by atoms with Crippen molar-refractivity contribution < 1.29 is 23.1 Å². The van der Waals surface area contributed by atoms with Gasteiger partial charge in [-0.1, -0.05) is 24.3 Å². The number of aldehydes is 1. The molecule has 2 N–H and O–H groups in total. The number of aromatic nitrogens is 4. The van der Waals surface area contributed by atoms with Crippen LogP contribution in [-0.2, 0) is 11.2 Å². The maximum atomic E-state index is 15.3. The van der Waals surface area contributed by atoms with E-state index in [4.69, 9.17) is 15.6 Å². The van der Waals surface area contributed by atoms with Crippen molar-refractivity contribution in [3.05, 3.63) is 89.8 Å². The molecule has 0 spiro atoms. The zero-order valence-electron chi connectivity index (χ0n) is 23.3. The molecule has 0 bridgehead atoms. The second kappa shape index (κ2) is 11.6. The maximum Gasteiger partial charge on any atom is 0.169 e. The number of carbonyl (C=O) groups is 2. The van der Waals surface area contributed by atoms with Crippen molar-refractivity contribution in [3.63, 3.8) is 0 Å². The van der Waals surface area contributed by atoms with Crippen LogP contribution in [0.3, 0.4) is 0 Å². The summed E-state index contributed by atoms with van der Waals surface area (Å²) in [6.07, 6.45) is 3.57. The number of carbonyl (C=O) groups excluding carboxylic acids is 2. The first-order valence-electron chi connectivity index (χ1n) is 13.8. The minimum absolute atomic E-state index is 0.0970. The fraction of sp³-hybridized carbons (Fsp3) is 0.219. The van der Waals surface area contributed by atoms with Gasteiger partial charge in [0.2, 0.25) is 0 Å². The normalized spacial score (nSPS) is 14.8. The van der Waals surface area contributed by atoms with E-state index in [0.717, 1.165) is 17.4 Å². The summed E-state index contributed by atoms with van der Waals surface area (Å²) in [7, 11) is 1.44. The Balaban J connectivity index is 1.26. The Bertz CT molecular complexity index is 1840. The van der Waals surface area contributed by atoms with Crippen molar-refractivity contribution in [2.24, 2.45) is 5.92 Å². The number of ketones is 1. The summed E-state index contributed by atoms with van der Waals surface area (Å²) >= 11 is 0. The van der Waals surface area contributed by atoms with E-state index < -0.39 is 11.6 Å². The zero-order valence-corrected chi connectivity index (χ0v) is 23.3. The third-order valence-electron chi connectivity index (χ3n) is 7.76. The molecule has 3 heterocycles. The SMILES string of the molecule is COc1ccc(F)cc1C(=O)CCc1ccc(-c2nn(-c3ccc(N4CC[C@H](C=O)C4)c(F)c3)c3ncnc(N)c23)cc1. The highest BCUT2D eigenvalue weighted by Crippen LogP contribution is 2.33. The molecule has 1 aliphatic heterocycles. The number of nitrogens with zero attached hydrogens (tertiary/aromatic N) is 5. The number of ether oxygens (including phenoxy) is 1. The molecule has 0 aliphatic carbocycles. The Morgan fingerprint density at radius 2 is 1.91 bits per heavy atom. The van der Waals surface area contributed by atoms with Gasteiger partial charge < -0.3 is 20.2 Å². The quantitative estimate of drug-likeness (QED) is 0.186. The summed E-state index contributed by atoms with van der Waals surface area (Å²) in [5, 5.41) is 5.29. The maximum absolute atomic E-state index is 15.3. The number of hydrogen-bond donors (Lipinski definition) is 1. The van der Waals surface area contributed by atoms with Crippen LogP contribution in [0.1, 0.15) is 28.8 Å². The van der Waals surface area contributed by atoms with Crippen LogP contribution in [0.2, 0.25) is 0 Å². The van der Waals surface area contributed by atoms with Crippen molar-refractivity contribution in [2.45, 2.75) is 19.3 Å². The number of halogens is 2. The Kier molecular flexibility index (Phi) is 7.54. The van der Waals surface area contributed by atoms with Gasteiger partial charge in [0.1, 0.15) is 41.5 Å². The average molecular weight is 583 g/mol. The number of nitrogen functional groups attached to an aromatic ring is 1. The summed E-state index contributed by atoms with van der Waals surface area (Å²) < 4.78 is 35.8. The number of anilines is 2. The molecule has 11 heteroatoms. The first-order chi connectivity index (χ1) is 20.9. The molecule has 3 aromatic carbocycles. The Hall–Kier alpha value is -5.19. The monoisotopic (exact) mass is 582 g/mol. The van der Waals surface area contributed by atoms with Gasteiger partial charge in [0.15, 0.2) is 11.4 Å². The molecule has 0 unspecified atom stereocenters. The molecule has 5 aromatic rings. The molecular formula is C32H28F2N6O3. The third kappa shape index (κ3) is 5.41. The van der Waals surface area contributed by atoms with Crippen molar-refractivity contribution in [1.29, 1.82) is 0 Å². The molecule has 1 fully saturated rings. The van der Waals surface area contributed by atoms with Gasteiger partial charge in [-0.25, -0.2) is 23.4 Å². The van der Waals surface area contributed by atoms with E-state index in [-0.39, 0.29) is 29.5 Å². The molecule has 43 heavy (non-hydrogen) atoms. The molecule has 1 aliphatic rings. The van der Waals surface area contributed by atoms with Gasteiger partial charge in [-0.3, -0.25) is 4.79 Å². The lowest BCUT2D eigenvalue weighted by atomic mass is 10.00. The van der Waals surface area contributed by atoms with Crippen molar-refractivity contribution >= 4 is 34.6 Å². The zero-order chi connectivity index (χ0) is 30.1. The highest BCUT2D eigenvalue weighted by Gasteiger charge is 2.25. The predicted octanol–water partition coefficient (Wildman–Crippen LogP) is 5.19. The lowest BCUT2D eigenvalue weighted by Crippen LogP contribution is -2.21. The molecule has 1 atom stereocenters. The predicted molar refractivity (Wildman–Crippen MR) is 158 cm³/mol. The van der Waals surface area contributed by atoms with E-state index in [9.17, 15) is 14.0 Å². The number of aryl methyl sites for hydroxylation is 1. The van der Waals surface area contributed by atoms with Crippen molar-refractivity contribution in [3.8, 4) is 22.7 Å². The summed E-state index contributed by atoms with van der Waals surface area (Å²) in [5.41, 5.74) is 9.96. The fourth-order valence-corrected chi connectivity index (χ4v) is 5.48. The van der Waals surface area contributed by atoms with Crippen LogP contribution in [0, 0.1) is 17.6 Å². The Morgan fingerprint density at radius 1 is 1.09 bits per heavy atom. The van der Waals surface area contributed by atoms with Gasteiger partial charge in [-0.15, -0.1) is 0 Å². The fourth-order valence-electron chi connectivity index (χ4n) is 5.48. The van der Waals surface area contributed by atoms with Gasteiger partial charge in [-0.05, 0) is 48.7 Å². The smallest absolute Gasteiger partial charge is 0.169 e. The standard InChI is InChI=1S/C32H28F2N6O3/c1-43-28-11-7-22(33)14-24(28)27(42)10-4-19-2-5-21(6-3-19)30-29-31(35)36-18-37-32(29)40(38-30)23-8-9-26(25(34)15-23)39-13-12-20(16-39)17-41/h2-3,5-9,11,14-15,17-18,20H,4,10,12-13,16H2,1H3,(H2,35,36,37)/t20-/m0/s1. The van der Waals surface area contributed by atoms with Crippen LogP contribution in [0.5, 0.6) is 5.75 Å². The number of hydrogen-bond acceptors (Lipinski definition) is 8. The minimum atomic E-state index is -0.499. The largest absolute Gasteiger partial charge is 0.496 e. The average Bonchev–Trinajstić information content (AvgIpc) is 3.66. The van der Waals surface area contributed by atoms with E-state index in [0.29, 0.717) is 59.8 Å². The molecule has 1 saturated heterocycles. The highest BCUT2D eigenvalue weighted by atomic mass is 19.1. The lowest BCUT2D eigenvalue weighted by Gasteiger charge is -2.19. The van der Waals surface area contributed by atoms with Crippen LogP contribution in [-0.4, -0.2) is 52.0 Å².